The molecule has 2 heterocycles. The Balaban J connectivity index is 1.87. The van der Waals surface area contributed by atoms with Crippen LogP contribution in [0.4, 0.5) is 0 Å². The monoisotopic (exact) mass is 233 g/mol. The second kappa shape index (κ2) is 4.61. The molecule has 4 nitrogen and oxygen atoms in total. The van der Waals surface area contributed by atoms with Crippen LogP contribution in [0.15, 0.2) is 10.9 Å². The summed E-state index contributed by atoms with van der Waals surface area (Å²) >= 11 is 0. The number of aromatic nitrogens is 2. The van der Waals surface area contributed by atoms with Crippen molar-refractivity contribution in [1.29, 1.82) is 0 Å². The van der Waals surface area contributed by atoms with E-state index in [2.05, 4.69) is 15.3 Å². The van der Waals surface area contributed by atoms with E-state index >= 15 is 0 Å². The van der Waals surface area contributed by atoms with E-state index in [9.17, 15) is 4.79 Å². The number of hydrogen-bond donors (Lipinski definition) is 2. The highest BCUT2D eigenvalue weighted by molar-refractivity contribution is 5.15. The van der Waals surface area contributed by atoms with Gasteiger partial charge in [0.05, 0.1) is 11.7 Å². The summed E-state index contributed by atoms with van der Waals surface area (Å²) in [6.07, 6.45) is 7.17. The number of rotatable bonds is 2. The van der Waals surface area contributed by atoms with Crippen molar-refractivity contribution < 1.29 is 0 Å². The van der Waals surface area contributed by atoms with E-state index in [0.29, 0.717) is 5.92 Å². The fourth-order valence-corrected chi connectivity index (χ4v) is 2.51. The Bertz CT molecular complexity index is 442. The Morgan fingerprint density at radius 1 is 1.18 bits per heavy atom. The van der Waals surface area contributed by atoms with Crippen molar-refractivity contribution in [2.24, 2.45) is 0 Å². The molecule has 92 valence electrons. The number of aromatic amines is 1. The van der Waals surface area contributed by atoms with Gasteiger partial charge < -0.3 is 10.3 Å². The predicted molar refractivity (Wildman–Crippen MR) is 66.0 cm³/mol. The molecule has 1 aliphatic carbocycles. The van der Waals surface area contributed by atoms with Gasteiger partial charge in [0.2, 0.25) is 0 Å². The molecule has 1 saturated carbocycles. The smallest absolute Gasteiger partial charge is 0.251 e. The third kappa shape index (κ3) is 2.57. The third-order valence-electron chi connectivity index (χ3n) is 3.67. The zero-order chi connectivity index (χ0) is 11.7. The van der Waals surface area contributed by atoms with Crippen LogP contribution in [0.25, 0.3) is 0 Å². The van der Waals surface area contributed by atoms with Crippen LogP contribution in [0.5, 0.6) is 0 Å². The number of hydrogen-bond acceptors (Lipinski definition) is 3. The average Bonchev–Trinajstić information content (AvgIpc) is 3.16. The van der Waals surface area contributed by atoms with Gasteiger partial charge in [-0.25, -0.2) is 4.98 Å². The van der Waals surface area contributed by atoms with Crippen molar-refractivity contribution in [2.45, 2.75) is 50.5 Å². The van der Waals surface area contributed by atoms with Crippen molar-refractivity contribution in [3.8, 4) is 0 Å². The van der Waals surface area contributed by atoms with Crippen molar-refractivity contribution in [2.75, 3.05) is 6.54 Å². The van der Waals surface area contributed by atoms with Crippen LogP contribution < -0.4 is 10.9 Å². The summed E-state index contributed by atoms with van der Waals surface area (Å²) in [6, 6.07) is 1.90. The molecular weight excluding hydrogens is 214 g/mol. The standard InChI is InChI=1S/C13H19N3O/c17-12-8-11(9-5-6-9)15-13(16-12)10-4-2-1-3-7-14-10/h8-10,14H,1-7H2,(H,15,16,17). The zero-order valence-electron chi connectivity index (χ0n) is 10.0. The zero-order valence-corrected chi connectivity index (χ0v) is 10.0. The molecule has 2 fully saturated rings. The predicted octanol–water partition coefficient (Wildman–Crippen LogP) is 1.85. The van der Waals surface area contributed by atoms with E-state index in [1.165, 1.54) is 32.1 Å². The summed E-state index contributed by atoms with van der Waals surface area (Å²) in [5.41, 5.74) is 0.998. The van der Waals surface area contributed by atoms with E-state index in [0.717, 1.165) is 24.5 Å². The minimum absolute atomic E-state index is 0.00273. The molecule has 0 bridgehead atoms. The van der Waals surface area contributed by atoms with E-state index in [-0.39, 0.29) is 11.6 Å². The highest BCUT2D eigenvalue weighted by Crippen LogP contribution is 2.38. The minimum Gasteiger partial charge on any atom is -0.309 e. The van der Waals surface area contributed by atoms with Crippen LogP contribution >= 0.6 is 0 Å². The van der Waals surface area contributed by atoms with E-state index in [1.807, 2.05) is 0 Å². The fraction of sp³-hybridized carbons (Fsp3) is 0.692. The maximum Gasteiger partial charge on any atom is 0.251 e. The Morgan fingerprint density at radius 3 is 2.88 bits per heavy atom. The minimum atomic E-state index is 0.00273. The maximum absolute atomic E-state index is 11.6. The second-order valence-electron chi connectivity index (χ2n) is 5.19. The molecule has 1 atom stereocenters. The van der Waals surface area contributed by atoms with Gasteiger partial charge in [-0.15, -0.1) is 0 Å². The molecule has 0 spiro atoms. The normalized spacial score (nSPS) is 25.5. The summed E-state index contributed by atoms with van der Waals surface area (Å²) in [5, 5.41) is 3.48. The quantitative estimate of drug-likeness (QED) is 0.819. The lowest BCUT2D eigenvalue weighted by Gasteiger charge is -2.15. The van der Waals surface area contributed by atoms with Crippen LogP contribution in [0.3, 0.4) is 0 Å². The van der Waals surface area contributed by atoms with Crippen LogP contribution in [-0.4, -0.2) is 16.5 Å². The summed E-state index contributed by atoms with van der Waals surface area (Å²) in [4.78, 5) is 19.2. The van der Waals surface area contributed by atoms with Gasteiger partial charge in [-0.1, -0.05) is 12.8 Å². The molecule has 1 aromatic rings. The third-order valence-corrected chi connectivity index (χ3v) is 3.67. The lowest BCUT2D eigenvalue weighted by molar-refractivity contribution is 0.503. The SMILES string of the molecule is O=c1cc(C2CC2)nc(C2CCCCCN2)[nH]1. The lowest BCUT2D eigenvalue weighted by atomic mass is 10.1. The first-order valence-corrected chi connectivity index (χ1v) is 6.67. The number of H-pyrrole nitrogens is 1. The molecule has 2 aliphatic rings. The Hall–Kier alpha value is -1.16. The number of nitrogens with one attached hydrogen (secondary N) is 2. The molecule has 4 heteroatoms. The Morgan fingerprint density at radius 2 is 2.06 bits per heavy atom. The van der Waals surface area contributed by atoms with Gasteiger partial charge in [0.15, 0.2) is 0 Å². The highest BCUT2D eigenvalue weighted by atomic mass is 16.1. The number of nitrogens with zero attached hydrogens (tertiary/aromatic N) is 1. The van der Waals surface area contributed by atoms with E-state index in [4.69, 9.17) is 0 Å². The molecule has 3 rings (SSSR count). The first kappa shape index (κ1) is 11.0. The molecule has 0 radical (unpaired) electrons. The molecule has 1 aliphatic heterocycles. The van der Waals surface area contributed by atoms with Crippen LogP contribution in [0, 0.1) is 0 Å². The molecule has 1 saturated heterocycles. The van der Waals surface area contributed by atoms with Crippen molar-refractivity contribution >= 4 is 0 Å². The molecule has 1 aromatic heterocycles. The second-order valence-corrected chi connectivity index (χ2v) is 5.19. The van der Waals surface area contributed by atoms with Gasteiger partial charge in [0.25, 0.3) is 5.56 Å². The summed E-state index contributed by atoms with van der Waals surface area (Å²) in [7, 11) is 0. The lowest BCUT2D eigenvalue weighted by Crippen LogP contribution is -2.25. The van der Waals surface area contributed by atoms with Gasteiger partial charge in [-0.3, -0.25) is 4.79 Å². The maximum atomic E-state index is 11.6. The summed E-state index contributed by atoms with van der Waals surface area (Å²) < 4.78 is 0. The molecule has 2 N–H and O–H groups in total. The van der Waals surface area contributed by atoms with Crippen LogP contribution in [0.1, 0.15) is 62.0 Å². The highest BCUT2D eigenvalue weighted by Gasteiger charge is 2.27. The first-order chi connectivity index (χ1) is 8.33. The Labute approximate surface area is 101 Å². The largest absolute Gasteiger partial charge is 0.309 e. The molecule has 17 heavy (non-hydrogen) atoms. The van der Waals surface area contributed by atoms with Gasteiger partial charge in [0.1, 0.15) is 5.82 Å². The summed E-state index contributed by atoms with van der Waals surface area (Å²) in [6.45, 7) is 1.03. The molecular formula is C13H19N3O. The Kier molecular flexibility index (Phi) is 2.97. The molecule has 0 amide bonds. The van der Waals surface area contributed by atoms with E-state index < -0.39 is 0 Å². The van der Waals surface area contributed by atoms with Gasteiger partial charge in [-0.2, -0.15) is 0 Å². The molecule has 0 aromatic carbocycles. The molecule has 1 unspecified atom stereocenters. The average molecular weight is 233 g/mol. The van der Waals surface area contributed by atoms with Crippen LogP contribution in [0.2, 0.25) is 0 Å². The summed E-state index contributed by atoms with van der Waals surface area (Å²) in [5.74, 6) is 1.39. The van der Waals surface area contributed by atoms with Gasteiger partial charge >= 0.3 is 0 Å². The van der Waals surface area contributed by atoms with Crippen LogP contribution in [-0.2, 0) is 0 Å². The van der Waals surface area contributed by atoms with E-state index in [1.54, 1.807) is 6.07 Å². The van der Waals surface area contributed by atoms with Crippen molar-refractivity contribution in [1.82, 2.24) is 15.3 Å². The van der Waals surface area contributed by atoms with Crippen molar-refractivity contribution in [3.63, 3.8) is 0 Å². The first-order valence-electron chi connectivity index (χ1n) is 6.67. The van der Waals surface area contributed by atoms with Crippen molar-refractivity contribution in [3.05, 3.63) is 27.9 Å². The topological polar surface area (TPSA) is 57.8 Å². The van der Waals surface area contributed by atoms with Gasteiger partial charge in [-0.05, 0) is 32.2 Å². The fourth-order valence-electron chi connectivity index (χ4n) is 2.51. The van der Waals surface area contributed by atoms with Gasteiger partial charge in [0, 0.05) is 12.0 Å².